The zero-order chi connectivity index (χ0) is 14.5. The van der Waals surface area contributed by atoms with Crippen molar-refractivity contribution in [1.29, 1.82) is 0 Å². The maximum absolute atomic E-state index is 14.1. The number of nitrogens with one attached hydrogen (secondary N) is 1. The van der Waals surface area contributed by atoms with E-state index in [1.807, 2.05) is 17.8 Å². The third kappa shape index (κ3) is 3.38. The van der Waals surface area contributed by atoms with Crippen LogP contribution in [0.2, 0.25) is 5.02 Å². The van der Waals surface area contributed by atoms with Crippen LogP contribution in [0.3, 0.4) is 0 Å². The highest BCUT2D eigenvalue weighted by Crippen LogP contribution is 2.26. The maximum atomic E-state index is 14.1. The van der Waals surface area contributed by atoms with Crippen molar-refractivity contribution in [1.82, 2.24) is 15.1 Å². The van der Waals surface area contributed by atoms with Gasteiger partial charge in [-0.3, -0.25) is 4.68 Å². The number of hydrogen-bond acceptors (Lipinski definition) is 2. The van der Waals surface area contributed by atoms with Gasteiger partial charge in [0, 0.05) is 28.9 Å². The lowest BCUT2D eigenvalue weighted by atomic mass is 10.0. The molecule has 0 aliphatic rings. The second-order valence-corrected chi connectivity index (χ2v) is 5.12. The van der Waals surface area contributed by atoms with Gasteiger partial charge in [-0.15, -0.1) is 0 Å². The minimum absolute atomic E-state index is 0.228. The summed E-state index contributed by atoms with van der Waals surface area (Å²) in [5.74, 6) is -0.257. The molecule has 2 rings (SSSR count). The molecule has 0 saturated carbocycles. The van der Waals surface area contributed by atoms with Crippen LogP contribution in [0.1, 0.15) is 37.4 Å². The van der Waals surface area contributed by atoms with Crippen molar-refractivity contribution in [3.8, 4) is 0 Å². The Morgan fingerprint density at radius 1 is 1.40 bits per heavy atom. The number of rotatable bonds is 6. The molecule has 1 N–H and O–H groups in total. The van der Waals surface area contributed by atoms with Crippen LogP contribution in [0.25, 0.3) is 0 Å². The molecule has 0 saturated heterocycles. The molecule has 1 aromatic carbocycles. The van der Waals surface area contributed by atoms with Gasteiger partial charge in [-0.25, -0.2) is 4.39 Å². The molecule has 1 heterocycles. The molecule has 0 aliphatic heterocycles. The molecule has 0 aliphatic carbocycles. The second-order valence-electron chi connectivity index (χ2n) is 4.68. The SMILES string of the molecule is CCCNC(c1cnn(CC)c1)c1cc(Cl)ccc1F. The molecular weight excluding hydrogens is 277 g/mol. The fourth-order valence-electron chi connectivity index (χ4n) is 2.13. The Kier molecular flexibility index (Phi) is 5.15. The number of aromatic nitrogens is 2. The van der Waals surface area contributed by atoms with E-state index in [0.717, 1.165) is 25.1 Å². The zero-order valence-corrected chi connectivity index (χ0v) is 12.5. The fourth-order valence-corrected chi connectivity index (χ4v) is 2.31. The number of nitrogens with zero attached hydrogens (tertiary/aromatic N) is 2. The molecule has 0 spiro atoms. The van der Waals surface area contributed by atoms with Gasteiger partial charge in [-0.05, 0) is 38.1 Å². The van der Waals surface area contributed by atoms with E-state index in [1.54, 1.807) is 18.3 Å². The Labute approximate surface area is 123 Å². The van der Waals surface area contributed by atoms with Crippen LogP contribution in [-0.2, 0) is 6.54 Å². The first-order valence-corrected chi connectivity index (χ1v) is 7.24. The lowest BCUT2D eigenvalue weighted by Gasteiger charge is -2.18. The topological polar surface area (TPSA) is 29.9 Å². The highest BCUT2D eigenvalue weighted by atomic mass is 35.5. The fraction of sp³-hybridized carbons (Fsp3) is 0.400. The third-order valence-corrected chi connectivity index (χ3v) is 3.41. The molecular formula is C15H19ClFN3. The Morgan fingerprint density at radius 3 is 2.85 bits per heavy atom. The predicted molar refractivity (Wildman–Crippen MR) is 79.4 cm³/mol. The minimum atomic E-state index is -0.257. The van der Waals surface area contributed by atoms with Gasteiger partial charge in [-0.2, -0.15) is 5.10 Å². The highest BCUT2D eigenvalue weighted by molar-refractivity contribution is 6.30. The number of benzene rings is 1. The summed E-state index contributed by atoms with van der Waals surface area (Å²) in [4.78, 5) is 0. The number of aryl methyl sites for hydroxylation is 1. The molecule has 3 nitrogen and oxygen atoms in total. The van der Waals surface area contributed by atoms with E-state index in [9.17, 15) is 4.39 Å². The first-order valence-electron chi connectivity index (χ1n) is 6.86. The zero-order valence-electron chi connectivity index (χ0n) is 11.7. The largest absolute Gasteiger partial charge is 0.306 e. The Bertz CT molecular complexity index is 568. The minimum Gasteiger partial charge on any atom is -0.306 e. The van der Waals surface area contributed by atoms with E-state index in [4.69, 9.17) is 11.6 Å². The second kappa shape index (κ2) is 6.86. The Morgan fingerprint density at radius 2 is 2.20 bits per heavy atom. The Hall–Kier alpha value is -1.39. The van der Waals surface area contributed by atoms with Crippen molar-refractivity contribution in [2.75, 3.05) is 6.54 Å². The van der Waals surface area contributed by atoms with Crippen molar-refractivity contribution < 1.29 is 4.39 Å². The van der Waals surface area contributed by atoms with Crippen LogP contribution in [-0.4, -0.2) is 16.3 Å². The van der Waals surface area contributed by atoms with Gasteiger partial charge in [0.2, 0.25) is 0 Å². The smallest absolute Gasteiger partial charge is 0.128 e. The molecule has 0 radical (unpaired) electrons. The van der Waals surface area contributed by atoms with E-state index < -0.39 is 0 Å². The summed E-state index contributed by atoms with van der Waals surface area (Å²) >= 11 is 6.00. The number of hydrogen-bond donors (Lipinski definition) is 1. The molecule has 0 bridgehead atoms. The molecule has 5 heteroatoms. The van der Waals surface area contributed by atoms with Crippen LogP contribution in [0.4, 0.5) is 4.39 Å². The van der Waals surface area contributed by atoms with E-state index >= 15 is 0 Å². The van der Waals surface area contributed by atoms with E-state index in [2.05, 4.69) is 17.3 Å². The molecule has 1 aromatic heterocycles. The molecule has 0 amide bonds. The van der Waals surface area contributed by atoms with Crippen molar-refractivity contribution in [3.05, 3.63) is 52.6 Å². The van der Waals surface area contributed by atoms with Crippen molar-refractivity contribution in [2.24, 2.45) is 0 Å². The average molecular weight is 296 g/mol. The molecule has 108 valence electrons. The van der Waals surface area contributed by atoms with Gasteiger partial charge in [0.15, 0.2) is 0 Å². The van der Waals surface area contributed by atoms with Gasteiger partial charge in [0.1, 0.15) is 5.82 Å². The lowest BCUT2D eigenvalue weighted by Crippen LogP contribution is -2.23. The summed E-state index contributed by atoms with van der Waals surface area (Å²) in [6.07, 6.45) is 4.69. The maximum Gasteiger partial charge on any atom is 0.128 e. The van der Waals surface area contributed by atoms with Crippen molar-refractivity contribution in [3.63, 3.8) is 0 Å². The van der Waals surface area contributed by atoms with Crippen LogP contribution in [0.5, 0.6) is 0 Å². The molecule has 2 aromatic rings. The first kappa shape index (κ1) is 15.0. The summed E-state index contributed by atoms with van der Waals surface area (Å²) in [5, 5.41) is 8.15. The summed E-state index contributed by atoms with van der Waals surface area (Å²) in [6, 6.07) is 4.41. The van der Waals surface area contributed by atoms with Crippen LogP contribution < -0.4 is 5.32 Å². The summed E-state index contributed by atoms with van der Waals surface area (Å²) in [6.45, 7) is 5.69. The average Bonchev–Trinajstić information content (AvgIpc) is 2.92. The molecule has 0 fully saturated rings. The van der Waals surface area contributed by atoms with Crippen molar-refractivity contribution >= 4 is 11.6 Å². The van der Waals surface area contributed by atoms with E-state index in [-0.39, 0.29) is 11.9 Å². The molecule has 20 heavy (non-hydrogen) atoms. The quantitative estimate of drug-likeness (QED) is 0.879. The predicted octanol–water partition coefficient (Wildman–Crippen LogP) is 3.78. The van der Waals surface area contributed by atoms with Gasteiger partial charge in [0.25, 0.3) is 0 Å². The highest BCUT2D eigenvalue weighted by Gasteiger charge is 2.19. The van der Waals surface area contributed by atoms with Crippen LogP contribution in [0.15, 0.2) is 30.6 Å². The van der Waals surface area contributed by atoms with Crippen molar-refractivity contribution in [2.45, 2.75) is 32.9 Å². The third-order valence-electron chi connectivity index (χ3n) is 3.18. The normalized spacial score (nSPS) is 12.6. The van der Waals surface area contributed by atoms with E-state index in [1.165, 1.54) is 6.07 Å². The lowest BCUT2D eigenvalue weighted by molar-refractivity contribution is 0.546. The summed E-state index contributed by atoms with van der Waals surface area (Å²) in [5.41, 5.74) is 1.50. The van der Waals surface area contributed by atoms with Crippen LogP contribution in [0, 0.1) is 5.82 Å². The van der Waals surface area contributed by atoms with Gasteiger partial charge >= 0.3 is 0 Å². The van der Waals surface area contributed by atoms with E-state index in [0.29, 0.717) is 10.6 Å². The van der Waals surface area contributed by atoms with Gasteiger partial charge in [0.05, 0.1) is 12.2 Å². The Balaban J connectivity index is 2.38. The summed E-state index contributed by atoms with van der Waals surface area (Å²) in [7, 11) is 0. The van der Waals surface area contributed by atoms with Gasteiger partial charge < -0.3 is 5.32 Å². The molecule has 1 unspecified atom stereocenters. The summed E-state index contributed by atoms with van der Waals surface area (Å²) < 4.78 is 15.9. The first-order chi connectivity index (χ1) is 9.65. The van der Waals surface area contributed by atoms with Gasteiger partial charge in [-0.1, -0.05) is 18.5 Å². The standard InChI is InChI=1S/C15H19ClFN3/c1-3-7-18-15(11-9-19-20(4-2)10-11)13-8-12(16)5-6-14(13)17/h5-6,8-10,15,18H,3-4,7H2,1-2H3. The molecule has 1 atom stereocenters. The number of halogens is 2. The van der Waals surface area contributed by atoms with Crippen LogP contribution >= 0.6 is 11.6 Å². The monoisotopic (exact) mass is 295 g/mol.